The summed E-state index contributed by atoms with van der Waals surface area (Å²) in [6.07, 6.45) is 5.16. The molecule has 0 unspecified atom stereocenters. The van der Waals surface area contributed by atoms with Crippen molar-refractivity contribution < 1.29 is 4.79 Å². The maximum absolute atomic E-state index is 12.7. The number of rotatable bonds is 3. The van der Waals surface area contributed by atoms with E-state index in [1.807, 2.05) is 44.4 Å². The molecule has 0 N–H and O–H groups in total. The Morgan fingerprint density at radius 1 is 1.41 bits per heavy atom. The Morgan fingerprint density at radius 3 is 2.95 bits per heavy atom. The fourth-order valence-corrected chi connectivity index (χ4v) is 3.06. The van der Waals surface area contributed by atoms with Gasteiger partial charge < -0.3 is 9.47 Å². The van der Waals surface area contributed by atoms with Crippen LogP contribution in [0, 0.1) is 0 Å². The summed E-state index contributed by atoms with van der Waals surface area (Å²) in [5.74, 6) is 0.979. The Bertz CT molecular complexity index is 671. The zero-order chi connectivity index (χ0) is 15.7. The Kier molecular flexibility index (Phi) is 4.21. The van der Waals surface area contributed by atoms with Gasteiger partial charge in [-0.3, -0.25) is 4.79 Å². The van der Waals surface area contributed by atoms with Crippen LogP contribution in [0.4, 0.5) is 0 Å². The number of nitrogens with zero attached hydrogens (tertiary/aromatic N) is 3. The number of hydrogen-bond acceptors (Lipinski definition) is 2. The molecule has 4 nitrogen and oxygen atoms in total. The van der Waals surface area contributed by atoms with Crippen molar-refractivity contribution in [1.29, 1.82) is 0 Å². The molecule has 1 atom stereocenters. The van der Waals surface area contributed by atoms with Crippen molar-refractivity contribution in [2.24, 2.45) is 0 Å². The zero-order valence-electron chi connectivity index (χ0n) is 12.9. The molecule has 0 spiro atoms. The summed E-state index contributed by atoms with van der Waals surface area (Å²) >= 11 is 6.04. The number of aryl methyl sites for hydroxylation is 2. The van der Waals surface area contributed by atoms with Gasteiger partial charge >= 0.3 is 0 Å². The molecule has 3 rings (SSSR count). The van der Waals surface area contributed by atoms with Crippen molar-refractivity contribution in [3.8, 4) is 0 Å². The van der Waals surface area contributed by atoms with Crippen LogP contribution in [0.5, 0.6) is 0 Å². The molecule has 0 radical (unpaired) electrons. The van der Waals surface area contributed by atoms with E-state index in [1.54, 1.807) is 4.90 Å². The highest BCUT2D eigenvalue weighted by Crippen LogP contribution is 2.24. The molecule has 0 saturated carbocycles. The third-order valence-corrected chi connectivity index (χ3v) is 4.60. The molecule has 0 bridgehead atoms. The van der Waals surface area contributed by atoms with Gasteiger partial charge in [-0.15, -0.1) is 0 Å². The van der Waals surface area contributed by atoms with E-state index in [2.05, 4.69) is 9.55 Å². The third-order valence-electron chi connectivity index (χ3n) is 4.36. The van der Waals surface area contributed by atoms with Gasteiger partial charge in [0.2, 0.25) is 0 Å². The first-order valence-electron chi connectivity index (χ1n) is 7.65. The van der Waals surface area contributed by atoms with Crippen LogP contribution >= 0.6 is 11.6 Å². The lowest BCUT2D eigenvalue weighted by Crippen LogP contribution is -2.30. The van der Waals surface area contributed by atoms with E-state index in [4.69, 9.17) is 11.6 Å². The molecule has 0 saturated heterocycles. The van der Waals surface area contributed by atoms with Crippen LogP contribution in [0.15, 0.2) is 30.5 Å². The summed E-state index contributed by atoms with van der Waals surface area (Å²) in [5.41, 5.74) is 1.56. The number of amides is 1. The van der Waals surface area contributed by atoms with Gasteiger partial charge in [0.15, 0.2) is 0 Å². The van der Waals surface area contributed by atoms with Crippen molar-refractivity contribution in [2.75, 3.05) is 7.05 Å². The smallest absolute Gasteiger partial charge is 0.274 e. The maximum atomic E-state index is 12.7. The van der Waals surface area contributed by atoms with E-state index in [0.29, 0.717) is 10.7 Å². The van der Waals surface area contributed by atoms with Crippen LogP contribution in [0.2, 0.25) is 5.02 Å². The highest BCUT2D eigenvalue weighted by atomic mass is 35.5. The molecular formula is C17H20ClN3O. The van der Waals surface area contributed by atoms with Gasteiger partial charge in [0.1, 0.15) is 11.5 Å². The van der Waals surface area contributed by atoms with Gasteiger partial charge in [-0.1, -0.05) is 23.7 Å². The molecule has 5 heteroatoms. The van der Waals surface area contributed by atoms with Gasteiger partial charge in [0.25, 0.3) is 5.91 Å². The quantitative estimate of drug-likeness (QED) is 0.865. The lowest BCUT2D eigenvalue weighted by molar-refractivity contribution is 0.0737. The van der Waals surface area contributed by atoms with Gasteiger partial charge in [0, 0.05) is 31.2 Å². The minimum atomic E-state index is -0.0510. The van der Waals surface area contributed by atoms with E-state index in [-0.39, 0.29) is 11.9 Å². The fraction of sp³-hybridized carbons (Fsp3) is 0.412. The first-order chi connectivity index (χ1) is 10.6. The number of fused-ring (bicyclic) bond motifs is 1. The SMILES string of the molecule is C[C@@H](c1cccc(Cl)c1)N(C)C(=O)c1cn2c(n1)CCCC2. The molecule has 2 aromatic rings. The summed E-state index contributed by atoms with van der Waals surface area (Å²) in [5, 5.41) is 0.683. The van der Waals surface area contributed by atoms with Crippen LogP contribution in [-0.4, -0.2) is 27.4 Å². The first kappa shape index (κ1) is 15.1. The molecule has 1 aromatic heterocycles. The van der Waals surface area contributed by atoms with E-state index in [9.17, 15) is 4.79 Å². The molecule has 2 heterocycles. The third kappa shape index (κ3) is 2.88. The van der Waals surface area contributed by atoms with Gasteiger partial charge in [-0.25, -0.2) is 4.98 Å². The van der Waals surface area contributed by atoms with Gasteiger partial charge in [-0.05, 0) is 37.5 Å². The first-order valence-corrected chi connectivity index (χ1v) is 8.02. The minimum absolute atomic E-state index is 0.0469. The van der Waals surface area contributed by atoms with Gasteiger partial charge in [0.05, 0.1) is 6.04 Å². The lowest BCUT2D eigenvalue weighted by Gasteiger charge is -2.24. The lowest BCUT2D eigenvalue weighted by atomic mass is 10.1. The van der Waals surface area contributed by atoms with Crippen molar-refractivity contribution in [3.05, 3.63) is 52.6 Å². The highest BCUT2D eigenvalue weighted by molar-refractivity contribution is 6.30. The minimum Gasteiger partial charge on any atom is -0.334 e. The van der Waals surface area contributed by atoms with Crippen molar-refractivity contribution in [2.45, 2.75) is 38.8 Å². The largest absolute Gasteiger partial charge is 0.334 e. The van der Waals surface area contributed by atoms with Crippen LogP contribution in [0.1, 0.15) is 47.7 Å². The molecule has 0 aliphatic carbocycles. The summed E-state index contributed by atoms with van der Waals surface area (Å²) < 4.78 is 2.11. The van der Waals surface area contributed by atoms with Crippen molar-refractivity contribution >= 4 is 17.5 Å². The Balaban J connectivity index is 1.80. The average molecular weight is 318 g/mol. The molecule has 116 valence electrons. The molecular weight excluding hydrogens is 298 g/mol. The topological polar surface area (TPSA) is 38.1 Å². The van der Waals surface area contributed by atoms with E-state index in [1.165, 1.54) is 0 Å². The number of carbonyl (C=O) groups excluding carboxylic acids is 1. The predicted molar refractivity (Wildman–Crippen MR) is 87.1 cm³/mol. The van der Waals surface area contributed by atoms with Gasteiger partial charge in [-0.2, -0.15) is 0 Å². The number of halogens is 1. The number of carbonyl (C=O) groups is 1. The standard InChI is InChI=1S/C17H20ClN3O/c1-12(13-6-5-7-14(18)10-13)20(2)17(22)15-11-21-9-4-3-8-16(21)19-15/h5-7,10-12H,3-4,8-9H2,1-2H3/t12-/m0/s1. The summed E-state index contributed by atoms with van der Waals surface area (Å²) in [4.78, 5) is 18.9. The maximum Gasteiger partial charge on any atom is 0.274 e. The van der Waals surface area contributed by atoms with E-state index >= 15 is 0 Å². The number of imidazole rings is 1. The molecule has 1 aliphatic rings. The summed E-state index contributed by atoms with van der Waals surface area (Å²) in [7, 11) is 1.81. The Morgan fingerprint density at radius 2 is 2.23 bits per heavy atom. The average Bonchev–Trinajstić information content (AvgIpc) is 2.96. The van der Waals surface area contributed by atoms with E-state index < -0.39 is 0 Å². The van der Waals surface area contributed by atoms with E-state index in [0.717, 1.165) is 37.2 Å². The van der Waals surface area contributed by atoms with Crippen LogP contribution < -0.4 is 0 Å². The van der Waals surface area contributed by atoms with Crippen LogP contribution in [-0.2, 0) is 13.0 Å². The zero-order valence-corrected chi connectivity index (χ0v) is 13.7. The molecule has 1 aliphatic heterocycles. The Hall–Kier alpha value is -1.81. The molecule has 1 amide bonds. The Labute approximate surface area is 135 Å². The van der Waals surface area contributed by atoms with Crippen LogP contribution in [0.3, 0.4) is 0 Å². The summed E-state index contributed by atoms with van der Waals surface area (Å²) in [6, 6.07) is 7.57. The second kappa shape index (κ2) is 6.13. The van der Waals surface area contributed by atoms with Crippen molar-refractivity contribution in [1.82, 2.24) is 14.5 Å². The monoisotopic (exact) mass is 317 g/mol. The molecule has 22 heavy (non-hydrogen) atoms. The fourth-order valence-electron chi connectivity index (χ4n) is 2.86. The number of aromatic nitrogens is 2. The predicted octanol–water partition coefficient (Wildman–Crippen LogP) is 3.71. The second-order valence-electron chi connectivity index (χ2n) is 5.84. The normalized spacial score (nSPS) is 15.2. The van der Waals surface area contributed by atoms with Crippen LogP contribution in [0.25, 0.3) is 0 Å². The molecule has 1 aromatic carbocycles. The molecule has 0 fully saturated rings. The highest BCUT2D eigenvalue weighted by Gasteiger charge is 2.23. The number of benzene rings is 1. The van der Waals surface area contributed by atoms with Crippen molar-refractivity contribution in [3.63, 3.8) is 0 Å². The second-order valence-corrected chi connectivity index (χ2v) is 6.28. The summed E-state index contributed by atoms with van der Waals surface area (Å²) in [6.45, 7) is 2.96. The number of hydrogen-bond donors (Lipinski definition) is 0.